The van der Waals surface area contributed by atoms with Gasteiger partial charge >= 0.3 is 12.1 Å². The van der Waals surface area contributed by atoms with Gasteiger partial charge in [0, 0.05) is 31.0 Å². The van der Waals surface area contributed by atoms with E-state index < -0.39 is 12.1 Å². The van der Waals surface area contributed by atoms with E-state index in [4.69, 9.17) is 4.74 Å². The highest BCUT2D eigenvalue weighted by Crippen LogP contribution is 2.44. The maximum Gasteiger partial charge on any atom is 0.407 e. The fourth-order valence-corrected chi connectivity index (χ4v) is 5.16. The van der Waals surface area contributed by atoms with Crippen LogP contribution in [-0.4, -0.2) is 53.2 Å². The van der Waals surface area contributed by atoms with Crippen molar-refractivity contribution in [2.75, 3.05) is 13.2 Å². The highest BCUT2D eigenvalue weighted by atomic mass is 16.5. The third-order valence-corrected chi connectivity index (χ3v) is 7.04. The maximum absolute atomic E-state index is 12.6. The predicted molar refractivity (Wildman–Crippen MR) is 128 cm³/mol. The van der Waals surface area contributed by atoms with E-state index in [0.29, 0.717) is 32.2 Å². The second-order valence-electron chi connectivity index (χ2n) is 9.41. The van der Waals surface area contributed by atoms with Crippen molar-refractivity contribution >= 4 is 18.0 Å². The molecule has 1 saturated heterocycles. The maximum atomic E-state index is 12.6. The second-order valence-corrected chi connectivity index (χ2v) is 9.41. The number of nitrogens with one attached hydrogen (secondary N) is 1. The fourth-order valence-electron chi connectivity index (χ4n) is 5.16. The molecule has 2 aromatic rings. The van der Waals surface area contributed by atoms with Crippen molar-refractivity contribution in [2.24, 2.45) is 5.92 Å². The molecule has 0 bridgehead atoms. The zero-order valence-electron chi connectivity index (χ0n) is 19.7. The van der Waals surface area contributed by atoms with Crippen LogP contribution in [0.5, 0.6) is 0 Å². The van der Waals surface area contributed by atoms with Crippen LogP contribution >= 0.6 is 0 Å². The average molecular weight is 465 g/mol. The predicted octanol–water partition coefficient (Wildman–Crippen LogP) is 4.41. The summed E-state index contributed by atoms with van der Waals surface area (Å²) in [6.45, 7) is 4.47. The first-order chi connectivity index (χ1) is 16.3. The number of hydrogen-bond donors (Lipinski definition) is 2. The van der Waals surface area contributed by atoms with Crippen LogP contribution in [0.3, 0.4) is 0 Å². The van der Waals surface area contributed by atoms with Gasteiger partial charge in [0.15, 0.2) is 0 Å². The van der Waals surface area contributed by atoms with Crippen molar-refractivity contribution in [2.45, 2.75) is 57.5 Å². The number of carboxylic acid groups (broad SMARTS) is 1. The lowest BCUT2D eigenvalue weighted by Gasteiger charge is -2.36. The summed E-state index contributed by atoms with van der Waals surface area (Å²) in [6.07, 6.45) is 1.27. The molecule has 7 heteroatoms. The molecule has 0 aromatic heterocycles. The molecule has 2 aliphatic rings. The topological polar surface area (TPSA) is 95.9 Å². The van der Waals surface area contributed by atoms with Crippen LogP contribution in [0.2, 0.25) is 0 Å². The number of hydrogen-bond acceptors (Lipinski definition) is 4. The first kappa shape index (κ1) is 23.8. The number of carboxylic acids is 1. The van der Waals surface area contributed by atoms with Gasteiger partial charge in [0.05, 0.1) is 5.92 Å². The van der Waals surface area contributed by atoms with Crippen LogP contribution in [0.4, 0.5) is 4.79 Å². The van der Waals surface area contributed by atoms with Gasteiger partial charge in [-0.05, 0) is 55.4 Å². The van der Waals surface area contributed by atoms with E-state index in [1.165, 1.54) is 11.1 Å². The highest BCUT2D eigenvalue weighted by molar-refractivity contribution is 5.79. The molecular weight excluding hydrogens is 432 g/mol. The summed E-state index contributed by atoms with van der Waals surface area (Å²) in [5.41, 5.74) is 4.69. The molecule has 1 unspecified atom stereocenters. The summed E-state index contributed by atoms with van der Waals surface area (Å²) < 4.78 is 5.58. The number of fused-ring (bicyclic) bond motifs is 3. The summed E-state index contributed by atoms with van der Waals surface area (Å²) >= 11 is 0. The van der Waals surface area contributed by atoms with Crippen LogP contribution in [0, 0.1) is 5.92 Å². The molecule has 34 heavy (non-hydrogen) atoms. The Kier molecular flexibility index (Phi) is 7.20. The third kappa shape index (κ3) is 5.08. The number of likely N-dealkylation sites (tertiary alicyclic amines) is 1. The quantitative estimate of drug-likeness (QED) is 0.633. The Hall–Kier alpha value is -3.35. The van der Waals surface area contributed by atoms with E-state index in [1.54, 1.807) is 4.90 Å². The molecule has 1 aliphatic heterocycles. The molecule has 2 N–H and O–H groups in total. The Labute approximate surface area is 200 Å². The van der Waals surface area contributed by atoms with E-state index >= 15 is 0 Å². The molecule has 4 rings (SSSR count). The summed E-state index contributed by atoms with van der Waals surface area (Å²) in [4.78, 5) is 38.1. The average Bonchev–Trinajstić information content (AvgIpc) is 3.15. The smallest absolute Gasteiger partial charge is 0.407 e. The van der Waals surface area contributed by atoms with Crippen molar-refractivity contribution in [3.05, 3.63) is 59.7 Å². The fraction of sp³-hybridized carbons (Fsp3) is 0.444. The van der Waals surface area contributed by atoms with E-state index in [1.807, 2.05) is 38.1 Å². The number of rotatable bonds is 7. The van der Waals surface area contributed by atoms with Gasteiger partial charge in [-0.3, -0.25) is 9.59 Å². The summed E-state index contributed by atoms with van der Waals surface area (Å²) in [5.74, 6) is -1.17. The van der Waals surface area contributed by atoms with Gasteiger partial charge in [0.2, 0.25) is 5.91 Å². The molecule has 2 amide bonds. The highest BCUT2D eigenvalue weighted by Gasteiger charge is 2.32. The number of alkyl carbamates (subject to hydrolysis) is 1. The van der Waals surface area contributed by atoms with Crippen molar-refractivity contribution < 1.29 is 24.2 Å². The first-order valence-corrected chi connectivity index (χ1v) is 12.0. The van der Waals surface area contributed by atoms with Gasteiger partial charge in [0.1, 0.15) is 6.61 Å². The van der Waals surface area contributed by atoms with E-state index in [2.05, 4.69) is 29.6 Å². The molecule has 7 nitrogen and oxygen atoms in total. The lowest BCUT2D eigenvalue weighted by atomic mass is 9.91. The molecule has 1 aliphatic carbocycles. The second kappa shape index (κ2) is 10.3. The van der Waals surface area contributed by atoms with Gasteiger partial charge < -0.3 is 20.1 Å². The monoisotopic (exact) mass is 464 g/mol. The normalized spacial score (nSPS) is 20.2. The number of carbonyl (C=O) groups excluding carboxylic acids is 2. The van der Waals surface area contributed by atoms with Crippen LogP contribution < -0.4 is 5.32 Å². The molecule has 0 spiro atoms. The lowest BCUT2D eigenvalue weighted by molar-refractivity contribution is -0.147. The Balaban J connectivity index is 1.24. The molecule has 2 aromatic carbocycles. The van der Waals surface area contributed by atoms with Crippen LogP contribution in [-0.2, 0) is 14.3 Å². The minimum absolute atomic E-state index is 0.00229. The molecule has 1 heterocycles. The Morgan fingerprint density at radius 1 is 1.09 bits per heavy atom. The number of benzene rings is 2. The van der Waals surface area contributed by atoms with E-state index in [9.17, 15) is 19.5 Å². The van der Waals surface area contributed by atoms with Crippen molar-refractivity contribution in [1.29, 1.82) is 0 Å². The largest absolute Gasteiger partial charge is 0.481 e. The Bertz CT molecular complexity index is 1020. The number of piperidine rings is 1. The minimum Gasteiger partial charge on any atom is -0.481 e. The number of ether oxygens (including phenoxy) is 1. The first-order valence-electron chi connectivity index (χ1n) is 12.0. The molecule has 3 atom stereocenters. The minimum atomic E-state index is -0.792. The SMILES string of the molecule is CC(CCC(=O)N1CC[C@@H](C(=O)O)C[C@H]1C)NC(=O)OCC1c2ccccc2-c2ccccc21. The zero-order valence-corrected chi connectivity index (χ0v) is 19.7. The van der Waals surface area contributed by atoms with Crippen LogP contribution in [0.15, 0.2) is 48.5 Å². The van der Waals surface area contributed by atoms with E-state index in [-0.39, 0.29) is 36.4 Å². The van der Waals surface area contributed by atoms with Crippen molar-refractivity contribution in [1.82, 2.24) is 10.2 Å². The summed E-state index contributed by atoms with van der Waals surface area (Å²) in [6, 6.07) is 16.1. The lowest BCUT2D eigenvalue weighted by Crippen LogP contribution is -2.46. The number of nitrogens with zero attached hydrogens (tertiary/aromatic N) is 1. The van der Waals surface area contributed by atoms with Gasteiger partial charge in [-0.2, -0.15) is 0 Å². The standard InChI is InChI=1S/C27H32N2O5/c1-17(11-12-25(30)29-14-13-19(26(31)32)15-18(29)2)28-27(33)34-16-24-22-9-5-3-7-20(22)21-8-4-6-10-23(21)24/h3-10,17-19,24H,11-16H2,1-2H3,(H,28,33)(H,31,32)/t17?,18-,19-/m1/s1. The summed E-state index contributed by atoms with van der Waals surface area (Å²) in [7, 11) is 0. The Morgan fingerprint density at radius 3 is 2.29 bits per heavy atom. The van der Waals surface area contributed by atoms with Crippen LogP contribution in [0.25, 0.3) is 11.1 Å². The number of carbonyl (C=O) groups is 3. The van der Waals surface area contributed by atoms with Crippen molar-refractivity contribution in [3.63, 3.8) is 0 Å². The summed E-state index contributed by atoms with van der Waals surface area (Å²) in [5, 5.41) is 12.0. The Morgan fingerprint density at radius 2 is 1.71 bits per heavy atom. The van der Waals surface area contributed by atoms with Gasteiger partial charge in [-0.1, -0.05) is 48.5 Å². The molecular formula is C27H32N2O5. The molecule has 0 radical (unpaired) electrons. The van der Waals surface area contributed by atoms with Crippen molar-refractivity contribution in [3.8, 4) is 11.1 Å². The molecule has 180 valence electrons. The zero-order chi connectivity index (χ0) is 24.2. The van der Waals surface area contributed by atoms with Crippen LogP contribution in [0.1, 0.15) is 56.6 Å². The third-order valence-electron chi connectivity index (χ3n) is 7.04. The number of amides is 2. The van der Waals surface area contributed by atoms with E-state index in [0.717, 1.165) is 11.1 Å². The molecule has 0 saturated carbocycles. The molecule has 1 fully saturated rings. The van der Waals surface area contributed by atoms with Gasteiger partial charge in [0.25, 0.3) is 0 Å². The van der Waals surface area contributed by atoms with Gasteiger partial charge in [-0.25, -0.2) is 4.79 Å². The van der Waals surface area contributed by atoms with Gasteiger partial charge in [-0.15, -0.1) is 0 Å². The number of aliphatic carboxylic acids is 1.